The molecule has 88 valence electrons. The van der Waals surface area contributed by atoms with Crippen LogP contribution >= 0.6 is 11.8 Å². The highest BCUT2D eigenvalue weighted by Crippen LogP contribution is 2.24. The van der Waals surface area contributed by atoms with Gasteiger partial charge in [0.2, 0.25) is 0 Å². The van der Waals surface area contributed by atoms with Gasteiger partial charge < -0.3 is 16.9 Å². The number of nitrogen functional groups attached to an aromatic ring is 3. The Morgan fingerprint density at radius 1 is 1.06 bits per heavy atom. The number of rotatable bonds is 3. The number of hydrogen-bond acceptors (Lipinski definition) is 8. The van der Waals surface area contributed by atoms with Gasteiger partial charge in [-0.1, -0.05) is 6.07 Å². The smallest absolute Gasteiger partial charge is 0.197 e. The van der Waals surface area contributed by atoms with Gasteiger partial charge in [-0.15, -0.1) is 0 Å². The number of pyridine rings is 1. The normalized spacial score (nSPS) is 10.2. The first-order valence-corrected chi connectivity index (χ1v) is 5.50. The second-order valence-electron chi connectivity index (χ2n) is 3.11. The lowest BCUT2D eigenvalue weighted by molar-refractivity contribution is 0.976. The summed E-state index contributed by atoms with van der Waals surface area (Å²) in [7, 11) is 0. The first-order chi connectivity index (χ1) is 8.17. The summed E-state index contributed by atoms with van der Waals surface area (Å²) in [6.07, 6.45) is 0. The average Bonchev–Trinajstić information content (AvgIpc) is 2.28. The predicted molar refractivity (Wildman–Crippen MR) is 67.0 cm³/mol. The lowest BCUT2D eigenvalue weighted by atomic mass is 10.5. The van der Waals surface area contributed by atoms with Crippen molar-refractivity contribution in [2.45, 2.75) is 10.2 Å². The summed E-state index contributed by atoms with van der Waals surface area (Å²) in [4.78, 5) is 12.3. The molecule has 7 N–H and O–H groups in total. The Morgan fingerprint density at radius 3 is 2.41 bits per heavy atom. The highest BCUT2D eigenvalue weighted by molar-refractivity contribution is 7.99. The molecule has 0 aromatic carbocycles. The van der Waals surface area contributed by atoms with Crippen molar-refractivity contribution in [3.05, 3.63) is 24.3 Å². The molecular formula is C9H11N7S. The van der Waals surface area contributed by atoms with Crippen LogP contribution in [0.25, 0.3) is 0 Å². The van der Waals surface area contributed by atoms with Crippen molar-refractivity contribution in [2.75, 3.05) is 16.9 Å². The first kappa shape index (κ1) is 11.4. The van der Waals surface area contributed by atoms with Gasteiger partial charge in [0.1, 0.15) is 22.5 Å². The maximum atomic E-state index is 5.57. The molecule has 17 heavy (non-hydrogen) atoms. The van der Waals surface area contributed by atoms with E-state index in [0.717, 1.165) is 0 Å². The minimum Gasteiger partial charge on any atom is -0.383 e. The van der Waals surface area contributed by atoms with Gasteiger partial charge in [0.25, 0.3) is 0 Å². The lowest BCUT2D eigenvalue weighted by Gasteiger charge is -2.03. The van der Waals surface area contributed by atoms with E-state index in [1.807, 2.05) is 12.1 Å². The molecule has 2 aromatic rings. The third kappa shape index (κ3) is 2.95. The minimum absolute atomic E-state index is 0.327. The van der Waals surface area contributed by atoms with E-state index in [1.165, 1.54) is 17.8 Å². The summed E-state index contributed by atoms with van der Waals surface area (Å²) in [5.74, 6) is 6.48. The fourth-order valence-electron chi connectivity index (χ4n) is 1.15. The summed E-state index contributed by atoms with van der Waals surface area (Å²) < 4.78 is 0. The molecule has 0 saturated carbocycles. The molecule has 0 spiro atoms. The maximum absolute atomic E-state index is 5.57. The second-order valence-corrected chi connectivity index (χ2v) is 4.10. The molecule has 2 aromatic heterocycles. The Balaban J connectivity index is 2.24. The second kappa shape index (κ2) is 4.85. The molecule has 7 nitrogen and oxygen atoms in total. The monoisotopic (exact) mass is 249 g/mol. The average molecular weight is 249 g/mol. The van der Waals surface area contributed by atoms with Crippen LogP contribution in [0.1, 0.15) is 0 Å². The summed E-state index contributed by atoms with van der Waals surface area (Å²) in [5.41, 5.74) is 13.6. The number of anilines is 3. The summed E-state index contributed by atoms with van der Waals surface area (Å²) in [6.45, 7) is 0. The highest BCUT2D eigenvalue weighted by Gasteiger charge is 2.05. The van der Waals surface area contributed by atoms with E-state index < -0.39 is 0 Å². The van der Waals surface area contributed by atoms with Crippen molar-refractivity contribution in [3.63, 3.8) is 0 Å². The van der Waals surface area contributed by atoms with Crippen molar-refractivity contribution in [2.24, 2.45) is 5.84 Å². The Hall–Kier alpha value is -2.06. The van der Waals surface area contributed by atoms with E-state index in [0.29, 0.717) is 27.6 Å². The van der Waals surface area contributed by atoms with Crippen LogP contribution in [0.4, 0.5) is 17.5 Å². The van der Waals surface area contributed by atoms with E-state index in [-0.39, 0.29) is 0 Å². The van der Waals surface area contributed by atoms with E-state index >= 15 is 0 Å². The van der Waals surface area contributed by atoms with Crippen molar-refractivity contribution in [1.29, 1.82) is 0 Å². The van der Waals surface area contributed by atoms with Gasteiger partial charge in [0, 0.05) is 6.07 Å². The van der Waals surface area contributed by atoms with Gasteiger partial charge in [0.15, 0.2) is 5.16 Å². The van der Waals surface area contributed by atoms with Crippen LogP contribution < -0.4 is 22.7 Å². The third-order valence-electron chi connectivity index (χ3n) is 1.81. The van der Waals surface area contributed by atoms with Crippen LogP contribution in [0.5, 0.6) is 0 Å². The largest absolute Gasteiger partial charge is 0.383 e. The summed E-state index contributed by atoms with van der Waals surface area (Å²) in [5, 5.41) is 1.15. The van der Waals surface area contributed by atoms with Gasteiger partial charge in [-0.05, 0) is 23.9 Å². The topological polar surface area (TPSA) is 129 Å². The Labute approximate surface area is 102 Å². The van der Waals surface area contributed by atoms with Crippen molar-refractivity contribution in [1.82, 2.24) is 15.0 Å². The van der Waals surface area contributed by atoms with Crippen LogP contribution in [-0.4, -0.2) is 15.0 Å². The molecular weight excluding hydrogens is 238 g/mol. The van der Waals surface area contributed by atoms with Crippen LogP contribution in [0.15, 0.2) is 34.4 Å². The molecule has 0 aliphatic carbocycles. The van der Waals surface area contributed by atoms with E-state index in [4.69, 9.17) is 17.3 Å². The molecule has 0 radical (unpaired) electrons. The van der Waals surface area contributed by atoms with Crippen LogP contribution in [0.3, 0.4) is 0 Å². The molecule has 8 heteroatoms. The lowest BCUT2D eigenvalue weighted by Crippen LogP contribution is -2.08. The number of hydrogen-bond donors (Lipinski definition) is 4. The van der Waals surface area contributed by atoms with Crippen molar-refractivity contribution >= 4 is 29.2 Å². The summed E-state index contributed by atoms with van der Waals surface area (Å²) in [6, 6.07) is 6.88. The van der Waals surface area contributed by atoms with Crippen LogP contribution in [0.2, 0.25) is 0 Å². The molecule has 2 rings (SSSR count). The Bertz CT molecular complexity index is 510. The van der Waals surface area contributed by atoms with Crippen LogP contribution in [-0.2, 0) is 0 Å². The zero-order chi connectivity index (χ0) is 12.3. The molecule has 2 heterocycles. The first-order valence-electron chi connectivity index (χ1n) is 4.69. The number of nitrogens with two attached hydrogens (primary N) is 3. The minimum atomic E-state index is 0.327. The van der Waals surface area contributed by atoms with Gasteiger partial charge in [0.05, 0.1) is 0 Å². The number of hydrazine groups is 1. The molecule has 0 saturated heterocycles. The van der Waals surface area contributed by atoms with Crippen LogP contribution in [0, 0.1) is 0 Å². The van der Waals surface area contributed by atoms with Crippen molar-refractivity contribution < 1.29 is 0 Å². The Kier molecular flexibility index (Phi) is 3.26. The molecule has 0 bridgehead atoms. The Morgan fingerprint density at radius 2 is 1.76 bits per heavy atom. The molecule has 0 aliphatic rings. The SMILES string of the molecule is NNc1cccc(Sc2nc(N)cc(N)n2)n1. The van der Waals surface area contributed by atoms with Gasteiger partial charge in [-0.2, -0.15) is 0 Å². The molecule has 0 amide bonds. The molecule has 0 unspecified atom stereocenters. The predicted octanol–water partition coefficient (Wildman–Crippen LogP) is 0.473. The highest BCUT2D eigenvalue weighted by atomic mass is 32.2. The summed E-state index contributed by atoms with van der Waals surface area (Å²) >= 11 is 1.26. The fraction of sp³-hybridized carbons (Fsp3) is 0. The molecule has 0 atom stereocenters. The number of aromatic nitrogens is 3. The fourth-order valence-corrected chi connectivity index (χ4v) is 1.93. The van der Waals surface area contributed by atoms with E-state index in [2.05, 4.69) is 20.4 Å². The zero-order valence-corrected chi connectivity index (χ0v) is 9.61. The third-order valence-corrected chi connectivity index (χ3v) is 2.61. The van der Waals surface area contributed by atoms with E-state index in [1.54, 1.807) is 6.07 Å². The van der Waals surface area contributed by atoms with Gasteiger partial charge >= 0.3 is 0 Å². The maximum Gasteiger partial charge on any atom is 0.197 e. The molecule has 0 fully saturated rings. The number of nitrogens with zero attached hydrogens (tertiary/aromatic N) is 3. The van der Waals surface area contributed by atoms with Gasteiger partial charge in [-0.3, -0.25) is 0 Å². The van der Waals surface area contributed by atoms with Gasteiger partial charge in [-0.25, -0.2) is 20.8 Å². The molecule has 0 aliphatic heterocycles. The van der Waals surface area contributed by atoms with Crippen molar-refractivity contribution in [3.8, 4) is 0 Å². The van der Waals surface area contributed by atoms with E-state index in [9.17, 15) is 0 Å². The standard InChI is InChI=1S/C9H11N7S/c10-5-4-6(11)14-9(13-5)17-8-3-1-2-7(15-8)16-12/h1-4H,12H2,(H,15,16)(H4,10,11,13,14). The zero-order valence-electron chi connectivity index (χ0n) is 8.79. The quantitative estimate of drug-likeness (QED) is 0.351. The number of nitrogens with one attached hydrogen (secondary N) is 1.